The lowest BCUT2D eigenvalue weighted by Crippen LogP contribution is -2.30. The molecule has 0 unspecified atom stereocenters. The van der Waals surface area contributed by atoms with Gasteiger partial charge in [0.1, 0.15) is 11.5 Å². The summed E-state index contributed by atoms with van der Waals surface area (Å²) in [6.45, 7) is 0. The van der Waals surface area contributed by atoms with Crippen molar-refractivity contribution >= 4 is 34.0 Å². The van der Waals surface area contributed by atoms with E-state index in [4.69, 9.17) is 10.0 Å². The van der Waals surface area contributed by atoms with Crippen LogP contribution in [0.5, 0.6) is 11.5 Å². The zero-order valence-electron chi connectivity index (χ0n) is 7.01. The van der Waals surface area contributed by atoms with Crippen LogP contribution < -0.4 is 5.46 Å². The summed E-state index contributed by atoms with van der Waals surface area (Å²) in [6.07, 6.45) is 0. The molecule has 0 spiro atoms. The van der Waals surface area contributed by atoms with Gasteiger partial charge in [0.25, 0.3) is 0 Å². The maximum atomic E-state index is 9.43. The van der Waals surface area contributed by atoms with Gasteiger partial charge in [-0.05, 0) is 11.4 Å². The number of rotatable bonds is 1. The SMILES string of the molecule is OB(O)c1c(O)cc(O)c2ccsc12. The Labute approximate surface area is 83.8 Å². The predicted molar refractivity (Wildman–Crippen MR) is 55.0 cm³/mol. The fraction of sp³-hybridized carbons (Fsp3) is 0. The van der Waals surface area contributed by atoms with Gasteiger partial charge >= 0.3 is 7.12 Å². The van der Waals surface area contributed by atoms with Gasteiger partial charge in [-0.2, -0.15) is 0 Å². The first-order valence-corrected chi connectivity index (χ1v) is 4.77. The van der Waals surface area contributed by atoms with Crippen LogP contribution in [0.25, 0.3) is 10.1 Å². The summed E-state index contributed by atoms with van der Waals surface area (Å²) in [6, 6.07) is 2.75. The van der Waals surface area contributed by atoms with Crippen molar-refractivity contribution in [2.45, 2.75) is 0 Å². The molecule has 0 saturated carbocycles. The summed E-state index contributed by atoms with van der Waals surface area (Å²) >= 11 is 1.23. The standard InChI is InChI=1S/C8H7BO4S/c10-5-3-6(11)7(9(12)13)8-4(5)1-2-14-8/h1-3,10-13H. The molecular formula is C8H7BO4S. The second kappa shape index (κ2) is 3.16. The zero-order chi connectivity index (χ0) is 10.3. The van der Waals surface area contributed by atoms with Crippen LogP contribution in [0.4, 0.5) is 0 Å². The van der Waals surface area contributed by atoms with Crippen LogP contribution in [0.1, 0.15) is 0 Å². The first kappa shape index (κ1) is 9.33. The molecule has 0 aliphatic heterocycles. The maximum Gasteiger partial charge on any atom is 0.493 e. The van der Waals surface area contributed by atoms with E-state index in [0.717, 1.165) is 6.07 Å². The summed E-state index contributed by atoms with van der Waals surface area (Å²) in [5, 5.41) is 39.1. The molecule has 72 valence electrons. The Hall–Kier alpha value is -1.24. The average Bonchev–Trinajstić information content (AvgIpc) is 2.51. The van der Waals surface area contributed by atoms with Crippen LogP contribution in [0, 0.1) is 0 Å². The molecule has 0 radical (unpaired) electrons. The molecule has 1 aromatic heterocycles. The molecule has 2 rings (SSSR count). The summed E-state index contributed by atoms with van der Waals surface area (Å²) in [4.78, 5) is 0. The van der Waals surface area contributed by atoms with Crippen molar-refractivity contribution in [1.29, 1.82) is 0 Å². The van der Waals surface area contributed by atoms with Crippen molar-refractivity contribution < 1.29 is 20.3 Å². The normalized spacial score (nSPS) is 10.7. The Balaban J connectivity index is 2.86. The molecule has 2 aromatic rings. The zero-order valence-corrected chi connectivity index (χ0v) is 7.82. The number of hydrogen-bond acceptors (Lipinski definition) is 5. The number of phenols is 2. The third-order valence-corrected chi connectivity index (χ3v) is 2.94. The Morgan fingerprint density at radius 3 is 2.50 bits per heavy atom. The van der Waals surface area contributed by atoms with Crippen molar-refractivity contribution in [2.24, 2.45) is 0 Å². The van der Waals surface area contributed by atoms with Crippen LogP contribution in [-0.2, 0) is 0 Å². The first-order chi connectivity index (χ1) is 6.61. The highest BCUT2D eigenvalue weighted by atomic mass is 32.1. The molecule has 0 fully saturated rings. The highest BCUT2D eigenvalue weighted by Crippen LogP contribution is 2.31. The van der Waals surface area contributed by atoms with Crippen molar-refractivity contribution in [1.82, 2.24) is 0 Å². The minimum Gasteiger partial charge on any atom is -0.508 e. The van der Waals surface area contributed by atoms with Gasteiger partial charge in [0.2, 0.25) is 0 Å². The van der Waals surface area contributed by atoms with Gasteiger partial charge < -0.3 is 20.3 Å². The fourth-order valence-corrected chi connectivity index (χ4v) is 2.35. The van der Waals surface area contributed by atoms with Gasteiger partial charge in [-0.1, -0.05) is 0 Å². The molecule has 0 bridgehead atoms. The monoisotopic (exact) mass is 210 g/mol. The van der Waals surface area contributed by atoms with E-state index in [1.165, 1.54) is 11.3 Å². The maximum absolute atomic E-state index is 9.43. The minimum absolute atomic E-state index is 0.0350. The van der Waals surface area contributed by atoms with Gasteiger partial charge in [-0.3, -0.25) is 0 Å². The van der Waals surface area contributed by atoms with E-state index in [1.807, 2.05) is 0 Å². The number of fused-ring (bicyclic) bond motifs is 1. The smallest absolute Gasteiger partial charge is 0.493 e. The van der Waals surface area contributed by atoms with Gasteiger partial charge in [-0.15, -0.1) is 11.3 Å². The van der Waals surface area contributed by atoms with Crippen LogP contribution in [0.3, 0.4) is 0 Å². The molecular weight excluding hydrogens is 203 g/mol. The lowest BCUT2D eigenvalue weighted by molar-refractivity contribution is 0.419. The lowest BCUT2D eigenvalue weighted by atomic mass is 9.79. The van der Waals surface area contributed by atoms with E-state index in [1.54, 1.807) is 11.4 Å². The second-order valence-corrected chi connectivity index (χ2v) is 3.78. The van der Waals surface area contributed by atoms with E-state index >= 15 is 0 Å². The summed E-state index contributed by atoms with van der Waals surface area (Å²) in [7, 11) is -1.74. The first-order valence-electron chi connectivity index (χ1n) is 3.89. The van der Waals surface area contributed by atoms with E-state index in [9.17, 15) is 10.2 Å². The van der Waals surface area contributed by atoms with Gasteiger partial charge in [0, 0.05) is 21.6 Å². The highest BCUT2D eigenvalue weighted by molar-refractivity contribution is 7.18. The average molecular weight is 210 g/mol. The Bertz CT molecular complexity index is 479. The molecule has 0 aliphatic rings. The molecule has 6 heteroatoms. The summed E-state index contributed by atoms with van der Waals surface area (Å²) < 4.78 is 0.484. The van der Waals surface area contributed by atoms with Gasteiger partial charge in [0.05, 0.1) is 0 Å². The number of benzene rings is 1. The number of aromatic hydroxyl groups is 2. The number of hydrogen-bond donors (Lipinski definition) is 4. The molecule has 0 saturated heterocycles. The molecule has 0 aliphatic carbocycles. The minimum atomic E-state index is -1.74. The van der Waals surface area contributed by atoms with Crippen LogP contribution in [0.15, 0.2) is 17.5 Å². The van der Waals surface area contributed by atoms with Crippen molar-refractivity contribution in [2.75, 3.05) is 0 Å². The topological polar surface area (TPSA) is 80.9 Å². The van der Waals surface area contributed by atoms with Gasteiger partial charge in [-0.25, -0.2) is 0 Å². The molecule has 14 heavy (non-hydrogen) atoms. The summed E-state index contributed by atoms with van der Waals surface area (Å²) in [5.74, 6) is -0.379. The predicted octanol–water partition coefficient (Wildman–Crippen LogP) is -0.00770. The third kappa shape index (κ3) is 1.24. The summed E-state index contributed by atoms with van der Waals surface area (Å²) in [5.41, 5.74) is 0.0350. The van der Waals surface area contributed by atoms with Crippen molar-refractivity contribution in [3.05, 3.63) is 17.5 Å². The molecule has 0 atom stereocenters. The number of phenolic OH excluding ortho intramolecular Hbond substituents is 2. The Kier molecular flexibility index (Phi) is 2.11. The molecule has 1 aromatic carbocycles. The number of thiophene rings is 1. The van der Waals surface area contributed by atoms with Crippen LogP contribution >= 0.6 is 11.3 Å². The second-order valence-electron chi connectivity index (χ2n) is 2.87. The van der Waals surface area contributed by atoms with E-state index < -0.39 is 7.12 Å². The van der Waals surface area contributed by atoms with Crippen molar-refractivity contribution in [3.8, 4) is 11.5 Å². The molecule has 0 amide bonds. The van der Waals surface area contributed by atoms with E-state index in [-0.39, 0.29) is 17.0 Å². The quantitative estimate of drug-likeness (QED) is 0.499. The Morgan fingerprint density at radius 2 is 1.86 bits per heavy atom. The van der Waals surface area contributed by atoms with Crippen LogP contribution in [-0.4, -0.2) is 27.4 Å². The highest BCUT2D eigenvalue weighted by Gasteiger charge is 2.22. The fourth-order valence-electron chi connectivity index (χ4n) is 1.37. The van der Waals surface area contributed by atoms with E-state index in [2.05, 4.69) is 0 Å². The molecule has 1 heterocycles. The third-order valence-electron chi connectivity index (χ3n) is 1.99. The van der Waals surface area contributed by atoms with E-state index in [0.29, 0.717) is 10.1 Å². The lowest BCUT2D eigenvalue weighted by Gasteiger charge is -2.05. The van der Waals surface area contributed by atoms with Gasteiger partial charge in [0.15, 0.2) is 0 Å². The molecule has 4 N–H and O–H groups in total. The molecule has 4 nitrogen and oxygen atoms in total. The Morgan fingerprint density at radius 1 is 1.14 bits per heavy atom. The van der Waals surface area contributed by atoms with Crippen LogP contribution in [0.2, 0.25) is 0 Å². The van der Waals surface area contributed by atoms with Crippen molar-refractivity contribution in [3.63, 3.8) is 0 Å². The largest absolute Gasteiger partial charge is 0.508 e.